The van der Waals surface area contributed by atoms with E-state index in [0.717, 1.165) is 45.1 Å². The summed E-state index contributed by atoms with van der Waals surface area (Å²) in [5.41, 5.74) is 3.30. The van der Waals surface area contributed by atoms with Crippen LogP contribution in [0.3, 0.4) is 0 Å². The van der Waals surface area contributed by atoms with Gasteiger partial charge >= 0.3 is 35.7 Å². The van der Waals surface area contributed by atoms with Gasteiger partial charge in [0.15, 0.2) is 5.60 Å². The summed E-state index contributed by atoms with van der Waals surface area (Å²) in [4.78, 5) is 28.3. The first-order valence-corrected chi connectivity index (χ1v) is 13.2. The van der Waals surface area contributed by atoms with Gasteiger partial charge in [0.05, 0.1) is 11.7 Å². The number of hydrogen-bond acceptors (Lipinski definition) is 11. The van der Waals surface area contributed by atoms with E-state index in [2.05, 4.69) is 6.07 Å². The minimum atomic E-state index is -1.51. The van der Waals surface area contributed by atoms with Crippen molar-refractivity contribution in [3.05, 3.63) is 47.1 Å². The Bertz CT molecular complexity index is 1190. The Labute approximate surface area is 254 Å². The fraction of sp³-hybridized carbons (Fsp3) is 0.607. The quantitative estimate of drug-likeness (QED) is 0.180. The maximum Gasteiger partial charge on any atom is 1.00 e. The summed E-state index contributed by atoms with van der Waals surface area (Å²) in [6, 6.07) is 7.18. The van der Waals surface area contributed by atoms with Crippen LogP contribution in [0.1, 0.15) is 62.5 Å². The molecule has 3 fully saturated rings. The summed E-state index contributed by atoms with van der Waals surface area (Å²) < 4.78 is 17.3. The molecule has 3 aliphatic carbocycles. The van der Waals surface area contributed by atoms with Gasteiger partial charge in [0, 0.05) is 24.5 Å². The summed E-state index contributed by atoms with van der Waals surface area (Å²) in [6.45, 7) is 1.01. The van der Waals surface area contributed by atoms with Crippen LogP contribution in [0, 0.1) is 29.8 Å². The Kier molecular flexibility index (Phi) is 9.93. The zero-order valence-electron chi connectivity index (χ0n) is 22.6. The van der Waals surface area contributed by atoms with Crippen LogP contribution in [-0.2, 0) is 34.6 Å². The largest absolute Gasteiger partial charge is 1.00 e. The van der Waals surface area contributed by atoms with Crippen LogP contribution in [-0.4, -0.2) is 58.8 Å². The van der Waals surface area contributed by atoms with Crippen molar-refractivity contribution in [1.29, 1.82) is 5.26 Å². The van der Waals surface area contributed by atoms with Crippen molar-refractivity contribution in [3.8, 4) is 11.8 Å². The van der Waals surface area contributed by atoms with E-state index in [4.69, 9.17) is 33.6 Å². The predicted molar refractivity (Wildman–Crippen MR) is 129 cm³/mol. The van der Waals surface area contributed by atoms with E-state index in [9.17, 15) is 20.6 Å². The fourth-order valence-electron chi connectivity index (χ4n) is 7.16. The van der Waals surface area contributed by atoms with Crippen molar-refractivity contribution >= 4 is 6.15 Å². The number of benzene rings is 1. The molecule has 11 nitrogen and oxygen atoms in total. The normalized spacial score (nSPS) is 37.9. The zero-order chi connectivity index (χ0) is 27.8. The molecule has 1 spiro atoms. The number of nitriles is 1. The third-order valence-electron chi connectivity index (χ3n) is 8.87. The van der Waals surface area contributed by atoms with E-state index in [1.54, 1.807) is 30.9 Å². The number of fused-ring (bicyclic) bond motifs is 1. The molecule has 2 aliphatic heterocycles. The molecule has 0 aromatic heterocycles. The van der Waals surface area contributed by atoms with Gasteiger partial charge in [-0.05, 0) is 63.2 Å². The Morgan fingerprint density at radius 2 is 1.82 bits per heavy atom. The molecule has 2 bridgehead atoms. The second-order valence-corrected chi connectivity index (χ2v) is 10.6. The van der Waals surface area contributed by atoms with Crippen LogP contribution in [0.2, 0.25) is 0 Å². The average Bonchev–Trinajstić information content (AvgIpc) is 2.93. The first-order valence-electron chi connectivity index (χ1n) is 13.2. The van der Waals surface area contributed by atoms with Gasteiger partial charge in [-0.25, -0.2) is 4.89 Å². The Morgan fingerprint density at radius 3 is 2.50 bits per heavy atom. The third kappa shape index (κ3) is 4.89. The number of aliphatic hydroxyl groups excluding tert-OH is 3. The Hall–Kier alpha value is -1.65. The number of rotatable bonds is 4. The summed E-state index contributed by atoms with van der Waals surface area (Å²) in [7, 11) is 1.62. The predicted octanol–water partition coefficient (Wildman–Crippen LogP) is -0.851. The van der Waals surface area contributed by atoms with E-state index in [-0.39, 0.29) is 58.9 Å². The van der Waals surface area contributed by atoms with Crippen molar-refractivity contribution in [2.45, 2.75) is 87.4 Å². The molecular formula is C28H32NNaO10. The molecule has 5 unspecified atom stereocenters. The van der Waals surface area contributed by atoms with Crippen LogP contribution >= 0.6 is 0 Å². The first kappa shape index (κ1) is 31.3. The molecule has 5 aliphatic rings. The second-order valence-electron chi connectivity index (χ2n) is 10.6. The van der Waals surface area contributed by atoms with Gasteiger partial charge < -0.3 is 29.5 Å². The van der Waals surface area contributed by atoms with Gasteiger partial charge in [-0.3, -0.25) is 0 Å². The maximum atomic E-state index is 10.3. The number of allylic oxidation sites excluding steroid dienone is 1. The number of nitrogens with zero attached hydrogens (tertiary/aromatic N) is 1. The minimum absolute atomic E-state index is 0. The van der Waals surface area contributed by atoms with Crippen molar-refractivity contribution in [2.75, 3.05) is 7.11 Å². The van der Waals surface area contributed by atoms with Gasteiger partial charge in [0.2, 0.25) is 6.29 Å². The fourth-order valence-corrected chi connectivity index (χ4v) is 7.16. The molecule has 210 valence electrons. The number of aliphatic hydroxyl groups is 3. The van der Waals surface area contributed by atoms with Crippen LogP contribution in [0.25, 0.3) is 0 Å². The summed E-state index contributed by atoms with van der Waals surface area (Å²) >= 11 is 0. The zero-order valence-corrected chi connectivity index (χ0v) is 24.6. The second kappa shape index (κ2) is 12.7. The molecule has 2 heterocycles. The van der Waals surface area contributed by atoms with Crippen LogP contribution < -0.4 is 34.3 Å². The Balaban J connectivity index is 0.000000886. The number of hydrogen-bond donors (Lipinski definition) is 3. The van der Waals surface area contributed by atoms with Crippen LogP contribution in [0.5, 0.6) is 5.75 Å². The molecule has 1 aromatic rings. The molecule has 6 rings (SSSR count). The number of ether oxygens (including phenoxy) is 3. The van der Waals surface area contributed by atoms with Crippen molar-refractivity contribution in [3.63, 3.8) is 0 Å². The molecule has 12 heteroatoms. The standard InChI is InChI=1S/C27H32NO8.CO2.Na/c1-32-27(26(35-36-27)17-6-4-8-20(26)19-7-3-2-5-15(19)11-17)18-10-9-16(13-28)22(12-18)34-25-24(31)23(30)21(29)14-33-25;2-1-3;/h9-10,12,14,17,20-21,23-25,29-31H,2-8,11H2,1H3;;/q-1;;+1/t17?,20?,21-,23+,24?,25+,26?,27?;;/m1../s1. The van der Waals surface area contributed by atoms with E-state index in [1.165, 1.54) is 18.4 Å². The maximum absolute atomic E-state index is 10.3. The minimum Gasteiger partial charge on any atom is -0.516 e. The molecule has 0 radical (unpaired) electrons. The topological polar surface area (TPSA) is 165 Å². The molecule has 40 heavy (non-hydrogen) atoms. The molecule has 1 aromatic carbocycles. The third-order valence-corrected chi connectivity index (χ3v) is 8.87. The smallest absolute Gasteiger partial charge is 0.516 e. The van der Waals surface area contributed by atoms with E-state index in [0.29, 0.717) is 5.56 Å². The molecule has 1 saturated carbocycles. The number of carbonyl (C=O) groups excluding carboxylic acids is 2. The monoisotopic (exact) mass is 565 g/mol. The molecule has 8 atom stereocenters. The van der Waals surface area contributed by atoms with Gasteiger partial charge in [-0.15, -0.1) is 0 Å². The van der Waals surface area contributed by atoms with Gasteiger partial charge in [-0.1, -0.05) is 23.6 Å². The van der Waals surface area contributed by atoms with Crippen molar-refractivity contribution in [1.82, 2.24) is 0 Å². The molecule has 2 saturated heterocycles. The van der Waals surface area contributed by atoms with Crippen molar-refractivity contribution in [2.24, 2.45) is 11.8 Å². The van der Waals surface area contributed by atoms with Crippen LogP contribution in [0.4, 0.5) is 0 Å². The summed E-state index contributed by atoms with van der Waals surface area (Å²) in [5, 5.41) is 39.8. The first-order chi connectivity index (χ1) is 18.9. The van der Waals surface area contributed by atoms with Gasteiger partial charge in [-0.2, -0.15) is 26.3 Å². The van der Waals surface area contributed by atoms with Crippen molar-refractivity contribution < 1.29 is 78.5 Å². The molecule has 0 amide bonds. The van der Waals surface area contributed by atoms with E-state index >= 15 is 0 Å². The molecular weight excluding hydrogens is 533 g/mol. The molecule has 3 N–H and O–H groups in total. The van der Waals surface area contributed by atoms with Crippen LogP contribution in [0.15, 0.2) is 29.3 Å². The average molecular weight is 566 g/mol. The summed E-state index contributed by atoms with van der Waals surface area (Å²) in [6.07, 6.45) is 3.45. The van der Waals surface area contributed by atoms with E-state index < -0.39 is 36.0 Å². The van der Waals surface area contributed by atoms with Gasteiger partial charge in [0.1, 0.15) is 17.9 Å². The van der Waals surface area contributed by atoms with Gasteiger partial charge in [0.25, 0.3) is 5.79 Å². The number of methoxy groups -OCH3 is 1. The SMILES string of the molecule is COC1(c2ccc(C#N)c(O[C@@H]3O[CH-][C@@H](O)[C@H](O)C3O)c2)OOC12C1CCCC2C2=C(CCCC2)C1.O=C=O.[Na+]. The van der Waals surface area contributed by atoms with E-state index in [1.807, 2.05) is 0 Å². The summed E-state index contributed by atoms with van der Waals surface area (Å²) in [5.74, 6) is -0.587. The Morgan fingerprint density at radius 1 is 1.07 bits per heavy atom.